The second-order valence-corrected chi connectivity index (χ2v) is 9.49. The summed E-state index contributed by atoms with van der Waals surface area (Å²) in [6.45, 7) is 6.96. The highest BCUT2D eigenvalue weighted by Crippen LogP contribution is 2.30. The van der Waals surface area contributed by atoms with Crippen LogP contribution in [0.3, 0.4) is 0 Å². The normalized spacial score (nSPS) is 23.0. The van der Waals surface area contributed by atoms with Crippen molar-refractivity contribution in [1.29, 1.82) is 0 Å². The van der Waals surface area contributed by atoms with E-state index in [1.807, 2.05) is 91.0 Å². The Morgan fingerprint density at radius 2 is 1.29 bits per heavy atom. The van der Waals surface area contributed by atoms with Crippen molar-refractivity contribution >= 4 is 5.91 Å². The van der Waals surface area contributed by atoms with Crippen molar-refractivity contribution in [3.8, 4) is 0 Å². The fraction of sp³-hybridized carbons (Fsp3) is 0.344. The van der Waals surface area contributed by atoms with Crippen molar-refractivity contribution in [3.63, 3.8) is 0 Å². The van der Waals surface area contributed by atoms with E-state index in [1.165, 1.54) is 6.92 Å². The van der Waals surface area contributed by atoms with Crippen molar-refractivity contribution in [2.45, 2.75) is 63.6 Å². The third kappa shape index (κ3) is 8.10. The van der Waals surface area contributed by atoms with E-state index in [9.17, 15) is 4.79 Å². The van der Waals surface area contributed by atoms with E-state index in [1.54, 1.807) is 6.08 Å². The van der Waals surface area contributed by atoms with Gasteiger partial charge in [0.1, 0.15) is 18.3 Å². The van der Waals surface area contributed by atoms with Crippen LogP contribution in [0.5, 0.6) is 0 Å². The summed E-state index contributed by atoms with van der Waals surface area (Å²) < 4.78 is 25.7. The molecule has 0 unspecified atom stereocenters. The minimum Gasteiger partial charge on any atom is -0.374 e. The predicted octanol–water partition coefficient (Wildman–Crippen LogP) is 5.22. The van der Waals surface area contributed by atoms with Gasteiger partial charge < -0.3 is 24.3 Å². The fourth-order valence-electron chi connectivity index (χ4n) is 4.73. The minimum atomic E-state index is -0.479. The first kappa shape index (κ1) is 27.7. The van der Waals surface area contributed by atoms with Gasteiger partial charge in [-0.15, -0.1) is 6.58 Å². The van der Waals surface area contributed by atoms with E-state index in [-0.39, 0.29) is 12.0 Å². The van der Waals surface area contributed by atoms with Crippen LogP contribution >= 0.6 is 0 Å². The minimum absolute atomic E-state index is 0.151. The zero-order valence-electron chi connectivity index (χ0n) is 21.9. The fourth-order valence-corrected chi connectivity index (χ4v) is 4.73. The van der Waals surface area contributed by atoms with Crippen LogP contribution in [0.2, 0.25) is 0 Å². The topological polar surface area (TPSA) is 66.0 Å². The predicted molar refractivity (Wildman–Crippen MR) is 147 cm³/mol. The lowest BCUT2D eigenvalue weighted by atomic mass is 9.90. The first-order valence-electron chi connectivity index (χ1n) is 13.1. The van der Waals surface area contributed by atoms with E-state index in [0.717, 1.165) is 16.7 Å². The molecule has 200 valence electrons. The van der Waals surface area contributed by atoms with Crippen LogP contribution in [-0.2, 0) is 43.6 Å². The smallest absolute Gasteiger partial charge is 0.217 e. The third-order valence-corrected chi connectivity index (χ3v) is 6.53. The van der Waals surface area contributed by atoms with Crippen LogP contribution in [0.1, 0.15) is 30.0 Å². The van der Waals surface area contributed by atoms with Gasteiger partial charge in [-0.05, 0) is 23.1 Å². The van der Waals surface area contributed by atoms with Gasteiger partial charge in [-0.1, -0.05) is 97.1 Å². The summed E-state index contributed by atoms with van der Waals surface area (Å²) in [6.07, 6.45) is 0.675. The van der Waals surface area contributed by atoms with Gasteiger partial charge in [0.05, 0.1) is 38.6 Å². The Labute approximate surface area is 225 Å². The standard InChI is InChI=1S/C32H37NO5/c1-3-13-28-30(33-24(2)34)32(37-22-27-18-11-6-12-19-27)31(36-21-26-16-9-5-10-17-26)29(38-28)23-35-20-25-14-7-4-8-15-25/h3-12,14-19,28-32H,1,13,20-23H2,2H3,(H,33,34)/t28-,29+,30-,31+,32+/m0/s1. The molecule has 3 aromatic rings. The van der Waals surface area contributed by atoms with Crippen LogP contribution in [-0.4, -0.2) is 43.0 Å². The molecule has 3 aromatic carbocycles. The Balaban J connectivity index is 1.58. The summed E-state index contributed by atoms with van der Waals surface area (Å²) in [5, 5.41) is 3.08. The molecule has 1 amide bonds. The molecular weight excluding hydrogens is 478 g/mol. The van der Waals surface area contributed by atoms with Gasteiger partial charge in [0, 0.05) is 6.92 Å². The highest BCUT2D eigenvalue weighted by atomic mass is 16.6. The molecule has 6 heteroatoms. The van der Waals surface area contributed by atoms with Gasteiger partial charge in [-0.25, -0.2) is 0 Å². The van der Waals surface area contributed by atoms with Crippen LogP contribution in [0.4, 0.5) is 0 Å². The van der Waals surface area contributed by atoms with E-state index in [0.29, 0.717) is 32.8 Å². The molecule has 1 N–H and O–H groups in total. The van der Waals surface area contributed by atoms with Gasteiger partial charge in [0.25, 0.3) is 0 Å². The molecule has 38 heavy (non-hydrogen) atoms. The molecular formula is C32H37NO5. The first-order chi connectivity index (χ1) is 18.6. The maximum Gasteiger partial charge on any atom is 0.217 e. The van der Waals surface area contributed by atoms with Gasteiger partial charge in [-0.3, -0.25) is 4.79 Å². The molecule has 0 spiro atoms. The van der Waals surface area contributed by atoms with Gasteiger partial charge >= 0.3 is 0 Å². The Bertz CT molecular complexity index is 1110. The molecule has 0 aromatic heterocycles. The van der Waals surface area contributed by atoms with Crippen LogP contribution in [0.25, 0.3) is 0 Å². The first-order valence-corrected chi connectivity index (χ1v) is 13.1. The van der Waals surface area contributed by atoms with Gasteiger partial charge in [0.2, 0.25) is 5.91 Å². The molecule has 1 fully saturated rings. The number of carbonyl (C=O) groups is 1. The maximum absolute atomic E-state index is 12.3. The average Bonchev–Trinajstić information content (AvgIpc) is 2.94. The number of hydrogen-bond acceptors (Lipinski definition) is 5. The molecule has 0 saturated carbocycles. The van der Waals surface area contributed by atoms with Crippen LogP contribution in [0, 0.1) is 0 Å². The average molecular weight is 516 g/mol. The van der Waals surface area contributed by atoms with Crippen molar-refractivity contribution < 1.29 is 23.7 Å². The molecule has 4 rings (SSSR count). The highest BCUT2D eigenvalue weighted by molar-refractivity contribution is 5.73. The Hall–Kier alpha value is -3.29. The molecule has 0 radical (unpaired) electrons. The molecule has 1 aliphatic heterocycles. The molecule has 6 nitrogen and oxygen atoms in total. The quantitative estimate of drug-likeness (QED) is 0.316. The van der Waals surface area contributed by atoms with E-state index < -0.39 is 24.4 Å². The molecule has 0 bridgehead atoms. The van der Waals surface area contributed by atoms with E-state index >= 15 is 0 Å². The second kappa shape index (κ2) is 14.6. The number of benzene rings is 3. The monoisotopic (exact) mass is 515 g/mol. The van der Waals surface area contributed by atoms with Crippen LogP contribution < -0.4 is 5.32 Å². The molecule has 1 saturated heterocycles. The summed E-state index contributed by atoms with van der Waals surface area (Å²) in [5.41, 5.74) is 3.17. The number of nitrogens with one attached hydrogen (secondary N) is 1. The van der Waals surface area contributed by atoms with Crippen molar-refractivity contribution in [3.05, 3.63) is 120 Å². The number of ether oxygens (including phenoxy) is 4. The van der Waals surface area contributed by atoms with E-state index in [4.69, 9.17) is 18.9 Å². The van der Waals surface area contributed by atoms with Crippen molar-refractivity contribution in [2.75, 3.05) is 6.61 Å². The lowest BCUT2D eigenvalue weighted by molar-refractivity contribution is -0.231. The summed E-state index contributed by atoms with van der Waals surface area (Å²) >= 11 is 0. The maximum atomic E-state index is 12.3. The Kier molecular flexibility index (Phi) is 10.7. The summed E-state index contributed by atoms with van der Waals surface area (Å²) in [4.78, 5) is 12.3. The largest absolute Gasteiger partial charge is 0.374 e. The number of rotatable bonds is 13. The number of hydrogen-bond donors (Lipinski definition) is 1. The summed E-state index contributed by atoms with van der Waals surface area (Å²) in [5.74, 6) is -0.151. The molecule has 1 aliphatic rings. The SMILES string of the molecule is C=CC[C@@H]1O[C@H](COCc2ccccc2)[C@@H](OCc2ccccc2)[C@H](OCc2ccccc2)[C@H]1NC(C)=O. The van der Waals surface area contributed by atoms with Gasteiger partial charge in [0.15, 0.2) is 0 Å². The van der Waals surface area contributed by atoms with Crippen molar-refractivity contribution in [2.24, 2.45) is 0 Å². The second-order valence-electron chi connectivity index (χ2n) is 9.49. The number of carbonyl (C=O) groups excluding carboxylic acids is 1. The molecule has 0 aliphatic carbocycles. The van der Waals surface area contributed by atoms with Crippen molar-refractivity contribution in [1.82, 2.24) is 5.32 Å². The Morgan fingerprint density at radius 1 is 0.789 bits per heavy atom. The third-order valence-electron chi connectivity index (χ3n) is 6.53. The lowest BCUT2D eigenvalue weighted by Gasteiger charge is -2.46. The summed E-state index contributed by atoms with van der Waals surface area (Å²) in [7, 11) is 0. The molecule has 1 heterocycles. The summed E-state index contributed by atoms with van der Waals surface area (Å²) in [6, 6.07) is 29.6. The van der Waals surface area contributed by atoms with Crippen LogP contribution in [0.15, 0.2) is 104 Å². The van der Waals surface area contributed by atoms with E-state index in [2.05, 4.69) is 11.9 Å². The zero-order valence-corrected chi connectivity index (χ0v) is 21.9. The lowest BCUT2D eigenvalue weighted by Crippen LogP contribution is -2.65. The Morgan fingerprint density at radius 3 is 1.79 bits per heavy atom. The van der Waals surface area contributed by atoms with Gasteiger partial charge in [-0.2, -0.15) is 0 Å². The molecule has 5 atom stereocenters. The number of amides is 1. The highest BCUT2D eigenvalue weighted by Gasteiger charge is 2.47. The zero-order chi connectivity index (χ0) is 26.6.